The minimum Gasteiger partial charge on any atom is -0.398 e. The van der Waals surface area contributed by atoms with E-state index >= 15 is 0 Å². The first-order valence-corrected chi connectivity index (χ1v) is 4.76. The van der Waals surface area contributed by atoms with Crippen LogP contribution in [0.5, 0.6) is 0 Å². The van der Waals surface area contributed by atoms with Gasteiger partial charge in [-0.3, -0.25) is 0 Å². The number of aromatic nitrogens is 1. The van der Waals surface area contributed by atoms with Crippen LogP contribution in [-0.2, 0) is 0 Å². The molecule has 1 atom stereocenters. The zero-order valence-electron chi connectivity index (χ0n) is 8.22. The van der Waals surface area contributed by atoms with Crippen LogP contribution in [0.2, 0.25) is 0 Å². The number of nitrogens with two attached hydrogens (primary N) is 1. The zero-order chi connectivity index (χ0) is 9.97. The average molecular weight is 186 g/mol. The van der Waals surface area contributed by atoms with Gasteiger partial charge in [0, 0.05) is 18.1 Å². The zero-order valence-corrected chi connectivity index (χ0v) is 8.22. The van der Waals surface area contributed by atoms with Gasteiger partial charge in [0.2, 0.25) is 0 Å². The molecule has 14 heavy (non-hydrogen) atoms. The van der Waals surface area contributed by atoms with Gasteiger partial charge in [0.1, 0.15) is 0 Å². The number of benzene rings is 1. The van der Waals surface area contributed by atoms with Gasteiger partial charge in [-0.1, -0.05) is 18.2 Å². The summed E-state index contributed by atoms with van der Waals surface area (Å²) in [6.45, 7) is 2.14. The highest BCUT2D eigenvalue weighted by Crippen LogP contribution is 2.23. The third-order valence-electron chi connectivity index (χ3n) is 2.52. The predicted molar refractivity (Wildman–Crippen MR) is 59.1 cm³/mol. The number of anilines is 1. The average Bonchev–Trinajstić information content (AvgIpc) is 2.70. The predicted octanol–water partition coefficient (Wildman–Crippen LogP) is 2.68. The van der Waals surface area contributed by atoms with Gasteiger partial charge in [0.25, 0.3) is 0 Å². The second kappa shape index (κ2) is 3.58. The van der Waals surface area contributed by atoms with Crippen molar-refractivity contribution in [3.8, 4) is 0 Å². The fourth-order valence-corrected chi connectivity index (χ4v) is 1.66. The van der Waals surface area contributed by atoms with E-state index in [1.54, 1.807) is 0 Å². The molecule has 1 unspecified atom stereocenters. The smallest absolute Gasteiger partial charge is 0.0572 e. The summed E-state index contributed by atoms with van der Waals surface area (Å²) in [5, 5.41) is 0. The van der Waals surface area contributed by atoms with Gasteiger partial charge in [0.05, 0.1) is 6.04 Å². The summed E-state index contributed by atoms with van der Waals surface area (Å²) in [5.41, 5.74) is 7.94. The Morgan fingerprint density at radius 3 is 2.36 bits per heavy atom. The molecule has 2 nitrogen and oxygen atoms in total. The lowest BCUT2D eigenvalue weighted by atomic mass is 10.1. The molecule has 0 aliphatic carbocycles. The summed E-state index contributed by atoms with van der Waals surface area (Å²) in [6, 6.07) is 12.3. The highest BCUT2D eigenvalue weighted by Gasteiger charge is 2.08. The molecule has 0 fully saturated rings. The molecule has 1 aromatic heterocycles. The van der Waals surface area contributed by atoms with Gasteiger partial charge < -0.3 is 10.3 Å². The monoisotopic (exact) mass is 186 g/mol. The second-order valence-electron chi connectivity index (χ2n) is 3.44. The van der Waals surface area contributed by atoms with Crippen molar-refractivity contribution in [2.45, 2.75) is 13.0 Å². The van der Waals surface area contributed by atoms with Gasteiger partial charge in [-0.2, -0.15) is 0 Å². The number of nitrogens with zero attached hydrogens (tertiary/aromatic N) is 1. The van der Waals surface area contributed by atoms with E-state index in [0.29, 0.717) is 6.04 Å². The maximum Gasteiger partial charge on any atom is 0.0572 e. The molecule has 1 heterocycles. The Morgan fingerprint density at radius 1 is 1.07 bits per heavy atom. The Labute approximate surface area is 84.0 Å². The first kappa shape index (κ1) is 8.88. The molecule has 2 rings (SSSR count). The van der Waals surface area contributed by atoms with Crippen molar-refractivity contribution in [3.05, 3.63) is 54.4 Å². The molecule has 0 bridgehead atoms. The van der Waals surface area contributed by atoms with Gasteiger partial charge in [0.15, 0.2) is 0 Å². The topological polar surface area (TPSA) is 30.9 Å². The molecule has 0 amide bonds. The van der Waals surface area contributed by atoms with Crippen LogP contribution in [0.1, 0.15) is 18.5 Å². The number of nitrogen functional groups attached to an aromatic ring is 1. The summed E-state index contributed by atoms with van der Waals surface area (Å²) in [5.74, 6) is 0. The maximum atomic E-state index is 5.91. The standard InChI is InChI=1S/C12H14N2/c1-10(14-8-4-5-9-14)11-6-2-3-7-12(11)13/h2-10H,13H2,1H3. The highest BCUT2D eigenvalue weighted by atomic mass is 15.0. The Hall–Kier alpha value is -1.70. The minimum atomic E-state index is 0.297. The van der Waals surface area contributed by atoms with Crippen LogP contribution in [0.25, 0.3) is 0 Å². The molecular formula is C12H14N2. The lowest BCUT2D eigenvalue weighted by Crippen LogP contribution is -2.06. The second-order valence-corrected chi connectivity index (χ2v) is 3.44. The quantitative estimate of drug-likeness (QED) is 0.718. The van der Waals surface area contributed by atoms with Crippen molar-refractivity contribution >= 4 is 5.69 Å². The molecule has 72 valence electrons. The summed E-state index contributed by atoms with van der Waals surface area (Å²) in [4.78, 5) is 0. The van der Waals surface area contributed by atoms with E-state index in [2.05, 4.69) is 30.0 Å². The van der Waals surface area contributed by atoms with Crippen molar-refractivity contribution in [2.24, 2.45) is 0 Å². The normalized spacial score (nSPS) is 12.6. The maximum absolute atomic E-state index is 5.91. The van der Waals surface area contributed by atoms with Gasteiger partial charge in [-0.25, -0.2) is 0 Å². The summed E-state index contributed by atoms with van der Waals surface area (Å²) < 4.78 is 2.14. The third kappa shape index (κ3) is 1.51. The highest BCUT2D eigenvalue weighted by molar-refractivity contribution is 5.48. The summed E-state index contributed by atoms with van der Waals surface area (Å²) in [6.07, 6.45) is 4.11. The molecule has 0 aliphatic rings. The van der Waals surface area contributed by atoms with Crippen molar-refractivity contribution in [2.75, 3.05) is 5.73 Å². The molecule has 0 saturated heterocycles. The third-order valence-corrected chi connectivity index (χ3v) is 2.52. The lowest BCUT2D eigenvalue weighted by molar-refractivity contribution is 0.645. The van der Waals surface area contributed by atoms with Crippen molar-refractivity contribution < 1.29 is 0 Å². The fraction of sp³-hybridized carbons (Fsp3) is 0.167. The van der Waals surface area contributed by atoms with Crippen LogP contribution in [0.3, 0.4) is 0 Å². The molecule has 2 aromatic rings. The van der Waals surface area contributed by atoms with E-state index in [4.69, 9.17) is 5.73 Å². The lowest BCUT2D eigenvalue weighted by Gasteiger charge is -2.15. The van der Waals surface area contributed by atoms with Crippen LogP contribution in [0, 0.1) is 0 Å². The van der Waals surface area contributed by atoms with E-state index in [0.717, 1.165) is 5.69 Å². The number of hydrogen-bond donors (Lipinski definition) is 1. The fourth-order valence-electron chi connectivity index (χ4n) is 1.66. The van der Waals surface area contributed by atoms with Gasteiger partial charge >= 0.3 is 0 Å². The Morgan fingerprint density at radius 2 is 1.71 bits per heavy atom. The van der Waals surface area contributed by atoms with E-state index in [1.165, 1.54) is 5.56 Å². The molecule has 0 spiro atoms. The van der Waals surface area contributed by atoms with Crippen LogP contribution in [0.4, 0.5) is 5.69 Å². The van der Waals surface area contributed by atoms with Crippen LogP contribution >= 0.6 is 0 Å². The summed E-state index contributed by atoms with van der Waals surface area (Å²) in [7, 11) is 0. The van der Waals surface area contributed by atoms with E-state index in [1.807, 2.05) is 30.3 Å². The molecule has 0 aliphatic heterocycles. The first-order chi connectivity index (χ1) is 6.79. The minimum absolute atomic E-state index is 0.297. The van der Waals surface area contributed by atoms with E-state index in [-0.39, 0.29) is 0 Å². The largest absolute Gasteiger partial charge is 0.398 e. The van der Waals surface area contributed by atoms with Crippen LogP contribution in [0.15, 0.2) is 48.8 Å². The van der Waals surface area contributed by atoms with Crippen molar-refractivity contribution in [1.29, 1.82) is 0 Å². The molecule has 2 N–H and O–H groups in total. The van der Waals surface area contributed by atoms with Gasteiger partial charge in [-0.05, 0) is 30.7 Å². The SMILES string of the molecule is CC(c1ccccc1N)n1cccc1. The van der Waals surface area contributed by atoms with Crippen LogP contribution in [-0.4, -0.2) is 4.57 Å². The Kier molecular flexibility index (Phi) is 2.27. The summed E-state index contributed by atoms with van der Waals surface area (Å²) >= 11 is 0. The van der Waals surface area contributed by atoms with E-state index < -0.39 is 0 Å². The molecular weight excluding hydrogens is 172 g/mol. The van der Waals surface area contributed by atoms with Gasteiger partial charge in [-0.15, -0.1) is 0 Å². The molecule has 2 heteroatoms. The first-order valence-electron chi connectivity index (χ1n) is 4.76. The Bertz CT molecular complexity index is 404. The van der Waals surface area contributed by atoms with Crippen LogP contribution < -0.4 is 5.73 Å². The molecule has 0 radical (unpaired) electrons. The number of hydrogen-bond acceptors (Lipinski definition) is 1. The number of rotatable bonds is 2. The van der Waals surface area contributed by atoms with Crippen molar-refractivity contribution in [3.63, 3.8) is 0 Å². The molecule has 1 aromatic carbocycles. The molecule has 0 saturated carbocycles. The van der Waals surface area contributed by atoms with E-state index in [9.17, 15) is 0 Å². The number of para-hydroxylation sites is 1. The Balaban J connectivity index is 2.37. The van der Waals surface area contributed by atoms with Crippen molar-refractivity contribution in [1.82, 2.24) is 4.57 Å².